The van der Waals surface area contributed by atoms with E-state index >= 15 is 0 Å². The Labute approximate surface area is 171 Å². The summed E-state index contributed by atoms with van der Waals surface area (Å²) in [7, 11) is 0. The lowest BCUT2D eigenvalue weighted by atomic mass is 9.96. The summed E-state index contributed by atoms with van der Waals surface area (Å²) in [6.45, 7) is 7.87. The first kappa shape index (κ1) is 21.1. The van der Waals surface area contributed by atoms with E-state index in [0.717, 1.165) is 45.3 Å². The lowest BCUT2D eigenvalue weighted by Crippen LogP contribution is -2.49. The van der Waals surface area contributed by atoms with Crippen molar-refractivity contribution >= 4 is 23.4 Å². The van der Waals surface area contributed by atoms with Gasteiger partial charge in [0.25, 0.3) is 5.91 Å². The molecule has 28 heavy (non-hydrogen) atoms. The summed E-state index contributed by atoms with van der Waals surface area (Å²) < 4.78 is 13.4. The van der Waals surface area contributed by atoms with Gasteiger partial charge in [0.15, 0.2) is 0 Å². The predicted molar refractivity (Wildman–Crippen MR) is 108 cm³/mol. The van der Waals surface area contributed by atoms with E-state index in [9.17, 15) is 14.0 Å². The van der Waals surface area contributed by atoms with Crippen LogP contribution in [0.5, 0.6) is 0 Å². The predicted octanol–water partition coefficient (Wildman–Crippen LogP) is 3.32. The van der Waals surface area contributed by atoms with Gasteiger partial charge in [-0.3, -0.25) is 14.5 Å². The smallest absolute Gasteiger partial charge is 0.251 e. The van der Waals surface area contributed by atoms with Gasteiger partial charge in [-0.25, -0.2) is 4.39 Å². The van der Waals surface area contributed by atoms with Crippen LogP contribution < -0.4 is 5.32 Å². The van der Waals surface area contributed by atoms with Gasteiger partial charge in [0.1, 0.15) is 5.82 Å². The van der Waals surface area contributed by atoms with Gasteiger partial charge in [0, 0.05) is 29.2 Å². The number of likely N-dealkylation sites (tertiary alicyclic amines) is 2. The van der Waals surface area contributed by atoms with Crippen LogP contribution in [0.2, 0.25) is 5.02 Å². The molecule has 2 fully saturated rings. The molecule has 2 heterocycles. The second kappa shape index (κ2) is 8.78. The number of rotatable bonds is 5. The van der Waals surface area contributed by atoms with Crippen LogP contribution >= 0.6 is 11.6 Å². The van der Waals surface area contributed by atoms with Crippen LogP contribution in [-0.4, -0.2) is 59.9 Å². The molecule has 7 heteroatoms. The highest BCUT2D eigenvalue weighted by molar-refractivity contribution is 6.31. The molecule has 0 atom stereocenters. The van der Waals surface area contributed by atoms with Crippen LogP contribution in [0.25, 0.3) is 0 Å². The van der Waals surface area contributed by atoms with Crippen LogP contribution in [0.4, 0.5) is 4.39 Å². The number of nitrogens with one attached hydrogen (secondary N) is 1. The topological polar surface area (TPSA) is 52.7 Å². The van der Waals surface area contributed by atoms with E-state index in [4.69, 9.17) is 11.6 Å². The highest BCUT2D eigenvalue weighted by Gasteiger charge is 2.36. The molecule has 0 aliphatic carbocycles. The molecule has 0 bridgehead atoms. The summed E-state index contributed by atoms with van der Waals surface area (Å²) in [5.41, 5.74) is 0.209. The normalized spacial score (nSPS) is 20.4. The van der Waals surface area contributed by atoms with Crippen molar-refractivity contribution < 1.29 is 14.0 Å². The third-order valence-electron chi connectivity index (χ3n) is 5.94. The van der Waals surface area contributed by atoms with Gasteiger partial charge >= 0.3 is 0 Å². The third kappa shape index (κ3) is 5.23. The molecule has 154 valence electrons. The fourth-order valence-electron chi connectivity index (χ4n) is 4.22. The van der Waals surface area contributed by atoms with Crippen LogP contribution in [0.3, 0.4) is 0 Å². The molecular formula is C21H29ClFN3O2. The Bertz CT molecular complexity index is 712. The molecule has 0 radical (unpaired) electrons. The second-order valence-corrected chi connectivity index (χ2v) is 8.99. The minimum Gasteiger partial charge on any atom is -0.352 e. The molecule has 2 aliphatic rings. The largest absolute Gasteiger partial charge is 0.352 e. The molecule has 1 aromatic carbocycles. The van der Waals surface area contributed by atoms with E-state index in [-0.39, 0.29) is 27.9 Å². The minimum absolute atomic E-state index is 0.0283. The Morgan fingerprint density at radius 2 is 1.93 bits per heavy atom. The summed E-state index contributed by atoms with van der Waals surface area (Å²) in [6.07, 6.45) is 4.01. The summed E-state index contributed by atoms with van der Waals surface area (Å²) in [6, 6.07) is 3.84. The Kier molecular flexibility index (Phi) is 6.61. The first-order chi connectivity index (χ1) is 13.2. The van der Waals surface area contributed by atoms with Gasteiger partial charge in [-0.15, -0.1) is 0 Å². The zero-order chi connectivity index (χ0) is 20.3. The molecule has 3 rings (SSSR count). The van der Waals surface area contributed by atoms with Crippen LogP contribution in [-0.2, 0) is 4.79 Å². The highest BCUT2D eigenvalue weighted by Crippen LogP contribution is 2.28. The van der Waals surface area contributed by atoms with Crippen molar-refractivity contribution in [1.29, 1.82) is 0 Å². The fraction of sp³-hybridized carbons (Fsp3) is 0.619. The molecule has 0 saturated carbocycles. The first-order valence-corrected chi connectivity index (χ1v) is 10.4. The van der Waals surface area contributed by atoms with Crippen LogP contribution in [0.1, 0.15) is 49.9 Å². The van der Waals surface area contributed by atoms with E-state index in [1.165, 1.54) is 18.2 Å². The molecule has 0 aromatic heterocycles. The minimum atomic E-state index is -0.517. The third-order valence-corrected chi connectivity index (χ3v) is 6.16. The van der Waals surface area contributed by atoms with Crippen LogP contribution in [0, 0.1) is 11.7 Å². The lowest BCUT2D eigenvalue weighted by molar-refractivity contribution is -0.135. The number of piperidine rings is 1. The van der Waals surface area contributed by atoms with Crippen molar-refractivity contribution in [2.45, 2.75) is 45.1 Å². The number of nitrogens with zero attached hydrogens (tertiary/aromatic N) is 2. The number of hydrogen-bond acceptors (Lipinski definition) is 3. The number of carbonyl (C=O) groups excluding carboxylic acids is 2. The Morgan fingerprint density at radius 3 is 2.54 bits per heavy atom. The molecule has 2 aliphatic heterocycles. The van der Waals surface area contributed by atoms with Crippen molar-refractivity contribution in [3.05, 3.63) is 34.6 Å². The van der Waals surface area contributed by atoms with Crippen molar-refractivity contribution in [3.8, 4) is 0 Å². The molecule has 2 saturated heterocycles. The fourth-order valence-corrected chi connectivity index (χ4v) is 4.44. The van der Waals surface area contributed by atoms with E-state index in [1.807, 2.05) is 4.90 Å². The average molecular weight is 410 g/mol. The SMILES string of the molecule is CC1(C)CCCN1C(=O)CN1CCC(CNC(=O)c2cc(F)cc(Cl)c2)CC1. The van der Waals surface area contributed by atoms with E-state index in [2.05, 4.69) is 24.1 Å². The maximum atomic E-state index is 13.4. The summed E-state index contributed by atoms with van der Waals surface area (Å²) >= 11 is 5.81. The molecule has 2 amide bonds. The van der Waals surface area contributed by atoms with Gasteiger partial charge in [0.2, 0.25) is 5.91 Å². The van der Waals surface area contributed by atoms with Gasteiger partial charge in [-0.2, -0.15) is 0 Å². The van der Waals surface area contributed by atoms with E-state index < -0.39 is 5.82 Å². The molecule has 0 spiro atoms. The lowest BCUT2D eigenvalue weighted by Gasteiger charge is -2.36. The van der Waals surface area contributed by atoms with E-state index in [0.29, 0.717) is 19.0 Å². The second-order valence-electron chi connectivity index (χ2n) is 8.55. The molecule has 0 unspecified atom stereocenters. The van der Waals surface area contributed by atoms with Gasteiger partial charge < -0.3 is 10.2 Å². The first-order valence-electron chi connectivity index (χ1n) is 10.0. The van der Waals surface area contributed by atoms with Crippen molar-refractivity contribution in [2.24, 2.45) is 5.92 Å². The Hall–Kier alpha value is -1.66. The summed E-state index contributed by atoms with van der Waals surface area (Å²) in [5.74, 6) is -0.244. The van der Waals surface area contributed by atoms with Gasteiger partial charge in [-0.05, 0) is 76.7 Å². The Balaban J connectivity index is 1.42. The highest BCUT2D eigenvalue weighted by atomic mass is 35.5. The summed E-state index contributed by atoms with van der Waals surface area (Å²) in [5, 5.41) is 3.09. The number of benzene rings is 1. The number of halogens is 2. The van der Waals surface area contributed by atoms with Gasteiger partial charge in [0.05, 0.1) is 6.54 Å². The average Bonchev–Trinajstić information content (AvgIpc) is 2.99. The van der Waals surface area contributed by atoms with Crippen LogP contribution in [0.15, 0.2) is 18.2 Å². The molecule has 1 aromatic rings. The standard InChI is InChI=1S/C21H29ClFN3O2/c1-21(2)6-3-7-26(21)19(27)14-25-8-4-15(5-9-25)13-24-20(28)16-10-17(22)12-18(23)11-16/h10-12,15H,3-9,13-14H2,1-2H3,(H,24,28). The maximum absolute atomic E-state index is 13.4. The zero-order valence-corrected chi connectivity index (χ0v) is 17.4. The molecule has 5 nitrogen and oxygen atoms in total. The zero-order valence-electron chi connectivity index (χ0n) is 16.6. The number of hydrogen-bond donors (Lipinski definition) is 1. The number of amides is 2. The monoisotopic (exact) mass is 409 g/mol. The number of carbonyl (C=O) groups is 2. The van der Waals surface area contributed by atoms with Crippen molar-refractivity contribution in [2.75, 3.05) is 32.7 Å². The summed E-state index contributed by atoms with van der Waals surface area (Å²) in [4.78, 5) is 29.1. The molecular weight excluding hydrogens is 381 g/mol. The quantitative estimate of drug-likeness (QED) is 0.811. The van der Waals surface area contributed by atoms with E-state index in [1.54, 1.807) is 0 Å². The maximum Gasteiger partial charge on any atom is 0.251 e. The molecule has 1 N–H and O–H groups in total. The van der Waals surface area contributed by atoms with Crippen molar-refractivity contribution in [3.63, 3.8) is 0 Å². The Morgan fingerprint density at radius 1 is 1.21 bits per heavy atom. The van der Waals surface area contributed by atoms with Crippen molar-refractivity contribution in [1.82, 2.24) is 15.1 Å². The van der Waals surface area contributed by atoms with Gasteiger partial charge in [-0.1, -0.05) is 11.6 Å².